The Kier molecular flexibility index (Phi) is 6.09. The maximum Gasteiger partial charge on any atom is 0.251 e. The van der Waals surface area contributed by atoms with E-state index in [0.29, 0.717) is 42.1 Å². The minimum absolute atomic E-state index is 0.203. The first-order chi connectivity index (χ1) is 14.0. The van der Waals surface area contributed by atoms with Crippen molar-refractivity contribution in [3.63, 3.8) is 0 Å². The molecule has 8 heteroatoms. The number of ether oxygens (including phenoxy) is 1. The Hall–Kier alpha value is -3.86. The second-order valence-corrected chi connectivity index (χ2v) is 6.30. The molecule has 0 unspecified atom stereocenters. The molecule has 0 aliphatic carbocycles. The van der Waals surface area contributed by atoms with Gasteiger partial charge in [0, 0.05) is 12.1 Å². The molecule has 0 spiro atoms. The van der Waals surface area contributed by atoms with Crippen molar-refractivity contribution in [2.45, 2.75) is 12.8 Å². The first-order valence-corrected chi connectivity index (χ1v) is 8.99. The van der Waals surface area contributed by atoms with Crippen molar-refractivity contribution in [3.8, 4) is 17.5 Å². The van der Waals surface area contributed by atoms with E-state index in [4.69, 9.17) is 10.5 Å². The Bertz CT molecular complexity index is 1050. The van der Waals surface area contributed by atoms with Crippen LogP contribution in [0.4, 0.5) is 10.2 Å². The summed E-state index contributed by atoms with van der Waals surface area (Å²) in [5.41, 5.74) is 7.94. The van der Waals surface area contributed by atoms with E-state index in [1.54, 1.807) is 31.4 Å². The Labute approximate surface area is 167 Å². The zero-order valence-corrected chi connectivity index (χ0v) is 15.9. The molecule has 0 atom stereocenters. The minimum atomic E-state index is -0.369. The molecule has 3 aromatic rings. The summed E-state index contributed by atoms with van der Waals surface area (Å²) in [4.78, 5) is 12.2. The molecule has 0 saturated heterocycles. The van der Waals surface area contributed by atoms with Crippen molar-refractivity contribution < 1.29 is 13.9 Å². The van der Waals surface area contributed by atoms with Gasteiger partial charge in [0.1, 0.15) is 29.0 Å². The van der Waals surface area contributed by atoms with E-state index < -0.39 is 0 Å². The van der Waals surface area contributed by atoms with E-state index in [0.717, 1.165) is 0 Å². The number of hydrogen-bond acceptors (Lipinski definition) is 5. The quantitative estimate of drug-likeness (QED) is 0.601. The number of hydrogen-bond donors (Lipinski definition) is 2. The number of benzene rings is 2. The van der Waals surface area contributed by atoms with Gasteiger partial charge in [-0.25, -0.2) is 9.07 Å². The molecule has 3 rings (SSSR count). The van der Waals surface area contributed by atoms with Crippen LogP contribution < -0.4 is 15.8 Å². The fourth-order valence-electron chi connectivity index (χ4n) is 2.88. The number of nitriles is 1. The SMILES string of the molecule is COc1cccc(C(=O)NCCCc2nn(-c3ccc(F)cc3)c(N)c2C#N)c1. The lowest BCUT2D eigenvalue weighted by molar-refractivity contribution is 0.0953. The molecule has 148 valence electrons. The van der Waals surface area contributed by atoms with Crippen molar-refractivity contribution in [3.05, 3.63) is 71.2 Å². The normalized spacial score (nSPS) is 10.4. The number of halogens is 1. The summed E-state index contributed by atoms with van der Waals surface area (Å²) in [6, 6.07) is 14.6. The van der Waals surface area contributed by atoms with Gasteiger partial charge in [-0.15, -0.1) is 0 Å². The van der Waals surface area contributed by atoms with Crippen LogP contribution >= 0.6 is 0 Å². The van der Waals surface area contributed by atoms with Gasteiger partial charge in [-0.2, -0.15) is 10.4 Å². The number of aryl methyl sites for hydroxylation is 1. The van der Waals surface area contributed by atoms with Gasteiger partial charge < -0.3 is 15.8 Å². The number of nitrogens with zero attached hydrogens (tertiary/aromatic N) is 3. The minimum Gasteiger partial charge on any atom is -0.497 e. The summed E-state index contributed by atoms with van der Waals surface area (Å²) < 4.78 is 19.7. The third-order valence-corrected chi connectivity index (χ3v) is 4.38. The summed E-state index contributed by atoms with van der Waals surface area (Å²) in [5.74, 6) is 0.236. The molecule has 3 N–H and O–H groups in total. The number of anilines is 1. The molecular formula is C21H20FN5O2. The van der Waals surface area contributed by atoms with Gasteiger partial charge in [0.25, 0.3) is 5.91 Å². The van der Waals surface area contributed by atoms with Crippen LogP contribution in [-0.4, -0.2) is 29.3 Å². The molecule has 0 aliphatic rings. The molecule has 0 fully saturated rings. The maximum atomic E-state index is 13.1. The van der Waals surface area contributed by atoms with Crippen molar-refractivity contribution in [1.82, 2.24) is 15.1 Å². The lowest BCUT2D eigenvalue weighted by Crippen LogP contribution is -2.24. The number of nitrogen functional groups attached to an aromatic ring is 1. The monoisotopic (exact) mass is 393 g/mol. The Balaban J connectivity index is 1.63. The molecular weight excluding hydrogens is 373 g/mol. The van der Waals surface area contributed by atoms with Crippen LogP contribution in [0.15, 0.2) is 48.5 Å². The summed E-state index contributed by atoms with van der Waals surface area (Å²) in [6.07, 6.45) is 1.03. The average molecular weight is 393 g/mol. The highest BCUT2D eigenvalue weighted by atomic mass is 19.1. The van der Waals surface area contributed by atoms with Crippen molar-refractivity contribution in [1.29, 1.82) is 5.26 Å². The largest absolute Gasteiger partial charge is 0.497 e. The van der Waals surface area contributed by atoms with Crippen LogP contribution in [0.2, 0.25) is 0 Å². The van der Waals surface area contributed by atoms with Gasteiger partial charge in [0.2, 0.25) is 0 Å². The van der Waals surface area contributed by atoms with E-state index in [-0.39, 0.29) is 23.1 Å². The van der Waals surface area contributed by atoms with E-state index in [1.807, 2.05) is 0 Å². The van der Waals surface area contributed by atoms with Crippen LogP contribution in [0.3, 0.4) is 0 Å². The number of nitrogens with two attached hydrogens (primary N) is 1. The fourth-order valence-corrected chi connectivity index (χ4v) is 2.88. The van der Waals surface area contributed by atoms with Crippen LogP contribution in [0, 0.1) is 17.1 Å². The fraction of sp³-hybridized carbons (Fsp3) is 0.190. The Morgan fingerprint density at radius 2 is 2.07 bits per heavy atom. The maximum absolute atomic E-state index is 13.1. The lowest BCUT2D eigenvalue weighted by atomic mass is 10.1. The Morgan fingerprint density at radius 1 is 1.31 bits per heavy atom. The number of amides is 1. The summed E-state index contributed by atoms with van der Waals surface area (Å²) in [6.45, 7) is 0.407. The van der Waals surface area contributed by atoms with Gasteiger partial charge in [-0.05, 0) is 55.3 Å². The zero-order chi connectivity index (χ0) is 20.8. The van der Waals surface area contributed by atoms with Crippen LogP contribution in [0.5, 0.6) is 5.75 Å². The van der Waals surface area contributed by atoms with Crippen molar-refractivity contribution >= 4 is 11.7 Å². The highest BCUT2D eigenvalue weighted by Gasteiger charge is 2.16. The molecule has 2 aromatic carbocycles. The predicted octanol–water partition coefficient (Wildman–Crippen LogP) is 2.84. The highest BCUT2D eigenvalue weighted by molar-refractivity contribution is 5.94. The number of nitrogens with one attached hydrogen (secondary N) is 1. The summed E-state index contributed by atoms with van der Waals surface area (Å²) >= 11 is 0. The van der Waals surface area contributed by atoms with Crippen molar-refractivity contribution in [2.24, 2.45) is 0 Å². The third kappa shape index (κ3) is 4.52. The van der Waals surface area contributed by atoms with Crippen molar-refractivity contribution in [2.75, 3.05) is 19.4 Å². The molecule has 0 bridgehead atoms. The van der Waals surface area contributed by atoms with Gasteiger partial charge in [-0.3, -0.25) is 4.79 Å². The van der Waals surface area contributed by atoms with Crippen LogP contribution in [-0.2, 0) is 6.42 Å². The van der Waals surface area contributed by atoms with Gasteiger partial charge in [-0.1, -0.05) is 6.07 Å². The first kappa shape index (κ1) is 19.9. The topological polar surface area (TPSA) is 106 Å². The first-order valence-electron chi connectivity index (χ1n) is 8.99. The molecule has 0 aliphatic heterocycles. The lowest BCUT2D eigenvalue weighted by Gasteiger charge is -2.06. The number of carbonyl (C=O) groups is 1. The number of carbonyl (C=O) groups excluding carboxylic acids is 1. The Morgan fingerprint density at radius 3 is 2.76 bits per heavy atom. The third-order valence-electron chi connectivity index (χ3n) is 4.38. The van der Waals surface area contributed by atoms with E-state index >= 15 is 0 Å². The molecule has 7 nitrogen and oxygen atoms in total. The number of methoxy groups -OCH3 is 1. The van der Waals surface area contributed by atoms with Gasteiger partial charge >= 0.3 is 0 Å². The van der Waals surface area contributed by atoms with Crippen LogP contribution in [0.25, 0.3) is 5.69 Å². The average Bonchev–Trinajstić information content (AvgIpc) is 3.06. The van der Waals surface area contributed by atoms with Crippen LogP contribution in [0.1, 0.15) is 28.0 Å². The smallest absolute Gasteiger partial charge is 0.251 e. The highest BCUT2D eigenvalue weighted by Crippen LogP contribution is 2.21. The molecule has 0 saturated carbocycles. The molecule has 1 amide bonds. The molecule has 29 heavy (non-hydrogen) atoms. The zero-order valence-electron chi connectivity index (χ0n) is 15.9. The van der Waals surface area contributed by atoms with E-state index in [2.05, 4.69) is 16.5 Å². The van der Waals surface area contributed by atoms with Gasteiger partial charge in [0.15, 0.2) is 0 Å². The second-order valence-electron chi connectivity index (χ2n) is 6.30. The van der Waals surface area contributed by atoms with Gasteiger partial charge in [0.05, 0.1) is 18.5 Å². The van der Waals surface area contributed by atoms with E-state index in [1.165, 1.54) is 28.9 Å². The number of aromatic nitrogens is 2. The molecule has 0 radical (unpaired) electrons. The summed E-state index contributed by atoms with van der Waals surface area (Å²) in [5, 5.41) is 16.6. The molecule has 1 heterocycles. The number of rotatable bonds is 7. The predicted molar refractivity (Wildman–Crippen MR) is 106 cm³/mol. The molecule has 1 aromatic heterocycles. The summed E-state index contributed by atoms with van der Waals surface area (Å²) in [7, 11) is 1.54. The second kappa shape index (κ2) is 8.89. The standard InChI is InChI=1S/C21H20FN5O2/c1-29-17-5-2-4-14(12-17)21(28)25-11-3-6-19-18(13-23)20(24)27(26-19)16-9-7-15(22)8-10-16/h2,4-5,7-10,12H,3,6,11,24H2,1H3,(H,25,28). The van der Waals surface area contributed by atoms with E-state index in [9.17, 15) is 14.4 Å².